The van der Waals surface area contributed by atoms with Crippen molar-refractivity contribution in [1.29, 1.82) is 0 Å². The Labute approximate surface area is 176 Å². The van der Waals surface area contributed by atoms with Crippen LogP contribution in [0.5, 0.6) is 5.75 Å². The van der Waals surface area contributed by atoms with Gasteiger partial charge >= 0.3 is 0 Å². The normalized spacial score (nSPS) is 10.4. The van der Waals surface area contributed by atoms with Gasteiger partial charge in [0.25, 0.3) is 11.8 Å². The van der Waals surface area contributed by atoms with E-state index in [4.69, 9.17) is 4.74 Å². The standard InChI is InChI=1S/C24H25N3O3/c1-16-6-7-17(2)23(18(16)3)30-15-22(28)27-21-10-8-19(9-11-21)13-26-24(29)20-5-4-12-25-14-20/h4-12,14H,13,15H2,1-3H3,(H,26,29)(H,27,28). The summed E-state index contributed by atoms with van der Waals surface area (Å²) in [6.45, 7) is 6.29. The molecule has 0 aliphatic carbocycles. The molecule has 0 saturated heterocycles. The van der Waals surface area contributed by atoms with Crippen molar-refractivity contribution in [3.05, 3.63) is 88.7 Å². The van der Waals surface area contributed by atoms with Crippen molar-refractivity contribution < 1.29 is 14.3 Å². The third kappa shape index (κ3) is 5.44. The summed E-state index contributed by atoms with van der Waals surface area (Å²) in [6, 6.07) is 14.8. The van der Waals surface area contributed by atoms with Crippen LogP contribution in [0.1, 0.15) is 32.6 Å². The van der Waals surface area contributed by atoms with E-state index in [2.05, 4.69) is 15.6 Å². The number of carbonyl (C=O) groups is 2. The van der Waals surface area contributed by atoms with Crippen LogP contribution in [-0.2, 0) is 11.3 Å². The fourth-order valence-corrected chi connectivity index (χ4v) is 2.97. The monoisotopic (exact) mass is 403 g/mol. The van der Waals surface area contributed by atoms with Gasteiger partial charge in [-0.15, -0.1) is 0 Å². The molecule has 0 bridgehead atoms. The molecule has 0 radical (unpaired) electrons. The molecule has 0 atom stereocenters. The number of hydrogen-bond donors (Lipinski definition) is 2. The molecular weight excluding hydrogens is 378 g/mol. The largest absolute Gasteiger partial charge is 0.483 e. The smallest absolute Gasteiger partial charge is 0.262 e. The number of rotatable bonds is 7. The topological polar surface area (TPSA) is 80.3 Å². The molecule has 2 N–H and O–H groups in total. The second-order valence-corrected chi connectivity index (χ2v) is 7.11. The van der Waals surface area contributed by atoms with Crippen LogP contribution in [0.15, 0.2) is 60.9 Å². The number of pyridine rings is 1. The first-order valence-corrected chi connectivity index (χ1v) is 9.70. The first kappa shape index (κ1) is 21.0. The van der Waals surface area contributed by atoms with Crippen LogP contribution in [0.2, 0.25) is 0 Å². The molecule has 0 fully saturated rings. The van der Waals surface area contributed by atoms with Gasteiger partial charge in [-0.1, -0.05) is 24.3 Å². The summed E-state index contributed by atoms with van der Waals surface area (Å²) in [5.74, 6) is 0.345. The molecule has 0 unspecified atom stereocenters. The van der Waals surface area contributed by atoms with Gasteiger partial charge in [0.05, 0.1) is 5.56 Å². The predicted molar refractivity (Wildman–Crippen MR) is 117 cm³/mol. The number of carbonyl (C=O) groups excluding carboxylic acids is 2. The first-order valence-electron chi connectivity index (χ1n) is 9.70. The Morgan fingerprint density at radius 3 is 2.40 bits per heavy atom. The van der Waals surface area contributed by atoms with Gasteiger partial charge < -0.3 is 15.4 Å². The summed E-state index contributed by atoms with van der Waals surface area (Å²) in [6.07, 6.45) is 3.15. The van der Waals surface area contributed by atoms with Crippen molar-refractivity contribution in [2.75, 3.05) is 11.9 Å². The van der Waals surface area contributed by atoms with E-state index < -0.39 is 0 Å². The third-order valence-electron chi connectivity index (χ3n) is 4.84. The molecule has 30 heavy (non-hydrogen) atoms. The van der Waals surface area contributed by atoms with Crippen molar-refractivity contribution in [1.82, 2.24) is 10.3 Å². The molecule has 6 heteroatoms. The van der Waals surface area contributed by atoms with Crippen molar-refractivity contribution in [2.45, 2.75) is 27.3 Å². The van der Waals surface area contributed by atoms with E-state index in [1.54, 1.807) is 30.5 Å². The Morgan fingerprint density at radius 1 is 0.967 bits per heavy atom. The van der Waals surface area contributed by atoms with Crippen molar-refractivity contribution in [3.8, 4) is 5.75 Å². The molecule has 3 aromatic rings. The number of ether oxygens (including phenoxy) is 1. The molecule has 0 aliphatic rings. The van der Waals surface area contributed by atoms with Crippen molar-refractivity contribution >= 4 is 17.5 Å². The summed E-state index contributed by atoms with van der Waals surface area (Å²) < 4.78 is 5.75. The third-order valence-corrected chi connectivity index (χ3v) is 4.84. The Hall–Kier alpha value is -3.67. The average Bonchev–Trinajstić information content (AvgIpc) is 2.76. The quantitative estimate of drug-likeness (QED) is 0.626. The number of nitrogens with zero attached hydrogens (tertiary/aromatic N) is 1. The van der Waals surface area contributed by atoms with E-state index in [0.29, 0.717) is 17.8 Å². The highest BCUT2D eigenvalue weighted by atomic mass is 16.5. The molecule has 154 valence electrons. The van der Waals surface area contributed by atoms with Gasteiger partial charge in [-0.3, -0.25) is 14.6 Å². The minimum Gasteiger partial charge on any atom is -0.483 e. The Kier molecular flexibility index (Phi) is 6.80. The second kappa shape index (κ2) is 9.69. The zero-order chi connectivity index (χ0) is 21.5. The minimum absolute atomic E-state index is 0.0615. The Balaban J connectivity index is 1.50. The summed E-state index contributed by atoms with van der Waals surface area (Å²) in [5, 5.41) is 5.67. The van der Waals surface area contributed by atoms with Crippen LogP contribution >= 0.6 is 0 Å². The Bertz CT molecular complexity index is 1030. The maximum Gasteiger partial charge on any atom is 0.262 e. The van der Waals surface area contributed by atoms with Crippen LogP contribution in [0.25, 0.3) is 0 Å². The van der Waals surface area contributed by atoms with Gasteiger partial charge in [0.2, 0.25) is 0 Å². The number of aromatic nitrogens is 1. The highest BCUT2D eigenvalue weighted by Crippen LogP contribution is 2.25. The summed E-state index contributed by atoms with van der Waals surface area (Å²) in [4.78, 5) is 28.3. The zero-order valence-electron chi connectivity index (χ0n) is 17.4. The number of anilines is 1. The van der Waals surface area contributed by atoms with Crippen molar-refractivity contribution in [2.24, 2.45) is 0 Å². The van der Waals surface area contributed by atoms with Gasteiger partial charge in [0.15, 0.2) is 6.61 Å². The van der Waals surface area contributed by atoms with E-state index in [9.17, 15) is 9.59 Å². The van der Waals surface area contributed by atoms with Gasteiger partial charge in [0, 0.05) is 24.6 Å². The maximum absolute atomic E-state index is 12.3. The molecular formula is C24H25N3O3. The summed E-state index contributed by atoms with van der Waals surface area (Å²) in [7, 11) is 0. The van der Waals surface area contributed by atoms with E-state index in [-0.39, 0.29) is 18.4 Å². The Morgan fingerprint density at radius 2 is 1.70 bits per heavy atom. The first-order chi connectivity index (χ1) is 14.4. The molecule has 3 rings (SSSR count). The van der Waals surface area contributed by atoms with E-state index in [0.717, 1.165) is 28.0 Å². The summed E-state index contributed by atoms with van der Waals surface area (Å²) >= 11 is 0. The fraction of sp³-hybridized carbons (Fsp3) is 0.208. The molecule has 1 heterocycles. The number of aryl methyl sites for hydroxylation is 2. The van der Waals surface area contributed by atoms with E-state index in [1.807, 2.05) is 45.0 Å². The molecule has 2 aromatic carbocycles. The summed E-state index contributed by atoms with van der Waals surface area (Å²) in [5.41, 5.74) is 5.28. The molecule has 0 saturated carbocycles. The second-order valence-electron chi connectivity index (χ2n) is 7.11. The zero-order valence-corrected chi connectivity index (χ0v) is 17.4. The van der Waals surface area contributed by atoms with Gasteiger partial charge in [-0.2, -0.15) is 0 Å². The van der Waals surface area contributed by atoms with Gasteiger partial charge in [-0.25, -0.2) is 0 Å². The maximum atomic E-state index is 12.3. The number of amides is 2. The molecule has 0 aliphatic heterocycles. The highest BCUT2D eigenvalue weighted by Gasteiger charge is 2.10. The minimum atomic E-state index is -0.229. The van der Waals surface area contributed by atoms with Crippen LogP contribution in [-0.4, -0.2) is 23.4 Å². The lowest BCUT2D eigenvalue weighted by molar-refractivity contribution is -0.118. The molecule has 0 spiro atoms. The number of benzene rings is 2. The lowest BCUT2D eigenvalue weighted by atomic mass is 10.1. The van der Waals surface area contributed by atoms with Crippen LogP contribution in [0.4, 0.5) is 5.69 Å². The molecule has 6 nitrogen and oxygen atoms in total. The highest BCUT2D eigenvalue weighted by molar-refractivity contribution is 5.94. The van der Waals surface area contributed by atoms with Gasteiger partial charge in [0.1, 0.15) is 5.75 Å². The van der Waals surface area contributed by atoms with E-state index >= 15 is 0 Å². The average molecular weight is 403 g/mol. The lowest BCUT2D eigenvalue weighted by Gasteiger charge is -2.14. The van der Waals surface area contributed by atoms with E-state index in [1.165, 1.54) is 6.20 Å². The van der Waals surface area contributed by atoms with Gasteiger partial charge in [-0.05, 0) is 67.3 Å². The lowest BCUT2D eigenvalue weighted by Crippen LogP contribution is -2.23. The molecule has 1 aromatic heterocycles. The van der Waals surface area contributed by atoms with Crippen LogP contribution in [0, 0.1) is 20.8 Å². The fourth-order valence-electron chi connectivity index (χ4n) is 2.97. The van der Waals surface area contributed by atoms with Crippen LogP contribution in [0.3, 0.4) is 0 Å². The number of nitrogens with one attached hydrogen (secondary N) is 2. The predicted octanol–water partition coefficient (Wildman–Crippen LogP) is 3.95. The number of hydrogen-bond acceptors (Lipinski definition) is 4. The van der Waals surface area contributed by atoms with Crippen LogP contribution < -0.4 is 15.4 Å². The van der Waals surface area contributed by atoms with Crippen molar-refractivity contribution in [3.63, 3.8) is 0 Å². The SMILES string of the molecule is Cc1ccc(C)c(OCC(=O)Nc2ccc(CNC(=O)c3cccnc3)cc2)c1C. The molecule has 2 amide bonds.